The second-order valence-corrected chi connectivity index (χ2v) is 6.45. The summed E-state index contributed by atoms with van der Waals surface area (Å²) in [4.78, 5) is 12.2. The zero-order chi connectivity index (χ0) is 19.7. The molecule has 0 saturated heterocycles. The Morgan fingerprint density at radius 2 is 1.86 bits per heavy atom. The smallest absolute Gasteiger partial charge is 0.323 e. The van der Waals surface area contributed by atoms with Crippen molar-refractivity contribution < 1.29 is 9.18 Å². The number of benzene rings is 3. The lowest BCUT2D eigenvalue weighted by atomic mass is 10.0. The van der Waals surface area contributed by atoms with Crippen LogP contribution in [-0.2, 0) is 0 Å². The van der Waals surface area contributed by atoms with Gasteiger partial charge in [0.1, 0.15) is 5.82 Å². The number of hydrogen-bond donors (Lipinski definition) is 4. The number of fused-ring (bicyclic) bond motifs is 1. The third-order valence-electron chi connectivity index (χ3n) is 4.52. The van der Waals surface area contributed by atoms with Crippen LogP contribution in [-0.4, -0.2) is 16.2 Å². The monoisotopic (exact) mass is 375 g/mol. The fourth-order valence-electron chi connectivity index (χ4n) is 3.09. The summed E-state index contributed by atoms with van der Waals surface area (Å²) < 4.78 is 13.4. The minimum absolute atomic E-state index is 0.405. The molecular formula is C21H18FN5O. The summed E-state index contributed by atoms with van der Waals surface area (Å²) in [6.07, 6.45) is 0. The predicted octanol–water partition coefficient (Wildman–Crippen LogP) is 4.90. The van der Waals surface area contributed by atoms with E-state index in [4.69, 9.17) is 5.73 Å². The number of carbonyl (C=O) groups excluding carboxylic acids is 1. The molecule has 0 aliphatic heterocycles. The molecule has 4 rings (SSSR count). The molecule has 0 radical (unpaired) electrons. The van der Waals surface area contributed by atoms with E-state index < -0.39 is 11.8 Å². The Morgan fingerprint density at radius 3 is 2.64 bits per heavy atom. The van der Waals surface area contributed by atoms with Crippen molar-refractivity contribution in [2.45, 2.75) is 6.92 Å². The molecule has 1 aromatic heterocycles. The number of rotatable bonds is 3. The number of aromatic amines is 1. The van der Waals surface area contributed by atoms with Crippen LogP contribution in [0.25, 0.3) is 22.0 Å². The quantitative estimate of drug-likeness (QED) is 0.410. The first-order valence-electron chi connectivity index (χ1n) is 8.68. The maximum Gasteiger partial charge on any atom is 0.323 e. The van der Waals surface area contributed by atoms with Crippen molar-refractivity contribution in [1.29, 1.82) is 0 Å². The Labute approximate surface area is 160 Å². The molecule has 5 N–H and O–H groups in total. The van der Waals surface area contributed by atoms with Gasteiger partial charge in [0.05, 0.1) is 10.9 Å². The van der Waals surface area contributed by atoms with Crippen molar-refractivity contribution in [3.8, 4) is 11.1 Å². The normalized spacial score (nSPS) is 10.8. The van der Waals surface area contributed by atoms with E-state index in [0.717, 1.165) is 27.6 Å². The summed E-state index contributed by atoms with van der Waals surface area (Å²) in [5.41, 5.74) is 10.6. The number of nitrogens with zero attached hydrogens (tertiary/aromatic N) is 1. The number of hydrogen-bond acceptors (Lipinski definition) is 3. The molecule has 28 heavy (non-hydrogen) atoms. The van der Waals surface area contributed by atoms with Crippen LogP contribution in [0, 0.1) is 12.7 Å². The highest BCUT2D eigenvalue weighted by Crippen LogP contribution is 2.31. The highest BCUT2D eigenvalue weighted by Gasteiger charge is 2.10. The number of urea groups is 1. The Bertz CT molecular complexity index is 1170. The zero-order valence-corrected chi connectivity index (χ0v) is 15.1. The second kappa shape index (κ2) is 7.03. The molecule has 0 fully saturated rings. The van der Waals surface area contributed by atoms with Gasteiger partial charge in [0.15, 0.2) is 5.82 Å². The number of amides is 2. The summed E-state index contributed by atoms with van der Waals surface area (Å²) >= 11 is 0. The highest BCUT2D eigenvalue weighted by molar-refractivity contribution is 6.02. The highest BCUT2D eigenvalue weighted by atomic mass is 19.1. The Kier molecular flexibility index (Phi) is 4.41. The Balaban J connectivity index is 1.52. The average Bonchev–Trinajstić information content (AvgIpc) is 3.07. The first-order chi connectivity index (χ1) is 13.5. The lowest BCUT2D eigenvalue weighted by Gasteiger charge is -2.11. The number of aryl methyl sites for hydroxylation is 1. The van der Waals surface area contributed by atoms with E-state index in [1.807, 2.05) is 30.3 Å². The van der Waals surface area contributed by atoms with Gasteiger partial charge in [0, 0.05) is 11.4 Å². The summed E-state index contributed by atoms with van der Waals surface area (Å²) in [5, 5.41) is 13.2. The van der Waals surface area contributed by atoms with Gasteiger partial charge in [-0.25, -0.2) is 9.18 Å². The number of halogens is 1. The van der Waals surface area contributed by atoms with Crippen LogP contribution in [0.5, 0.6) is 0 Å². The van der Waals surface area contributed by atoms with Gasteiger partial charge in [0.2, 0.25) is 0 Å². The van der Waals surface area contributed by atoms with Crippen molar-refractivity contribution >= 4 is 34.1 Å². The molecule has 2 amide bonds. The lowest BCUT2D eigenvalue weighted by molar-refractivity contribution is 0.262. The van der Waals surface area contributed by atoms with Gasteiger partial charge >= 0.3 is 6.03 Å². The molecule has 6 nitrogen and oxygen atoms in total. The summed E-state index contributed by atoms with van der Waals surface area (Å²) in [7, 11) is 0. The van der Waals surface area contributed by atoms with Crippen molar-refractivity contribution in [2.75, 3.05) is 16.4 Å². The molecular weight excluding hydrogens is 357 g/mol. The number of anilines is 3. The Morgan fingerprint density at radius 1 is 1.07 bits per heavy atom. The van der Waals surface area contributed by atoms with Crippen LogP contribution < -0.4 is 16.4 Å². The van der Waals surface area contributed by atoms with Crippen LogP contribution in [0.2, 0.25) is 0 Å². The van der Waals surface area contributed by atoms with E-state index in [2.05, 4.69) is 20.8 Å². The molecule has 0 bridgehead atoms. The third kappa shape index (κ3) is 3.37. The number of H-pyrrole nitrogens is 1. The van der Waals surface area contributed by atoms with Crippen molar-refractivity contribution in [3.05, 3.63) is 72.0 Å². The number of nitrogens with two attached hydrogens (primary N) is 1. The molecule has 4 aromatic rings. The van der Waals surface area contributed by atoms with Gasteiger partial charge in [-0.2, -0.15) is 5.10 Å². The molecule has 7 heteroatoms. The molecule has 1 heterocycles. The number of nitrogen functional groups attached to an aromatic ring is 1. The van der Waals surface area contributed by atoms with Crippen molar-refractivity contribution in [2.24, 2.45) is 0 Å². The van der Waals surface area contributed by atoms with Crippen LogP contribution in [0.1, 0.15) is 5.56 Å². The summed E-state index contributed by atoms with van der Waals surface area (Å²) in [5.74, 6) is 0.0376. The van der Waals surface area contributed by atoms with E-state index in [1.165, 1.54) is 12.1 Å². The number of carbonyl (C=O) groups is 1. The first kappa shape index (κ1) is 17.5. The Hall–Kier alpha value is -3.87. The minimum atomic E-state index is -0.442. The van der Waals surface area contributed by atoms with E-state index in [-0.39, 0.29) is 0 Å². The van der Waals surface area contributed by atoms with Crippen LogP contribution in [0.4, 0.5) is 26.4 Å². The van der Waals surface area contributed by atoms with Crippen LogP contribution >= 0.6 is 0 Å². The first-order valence-corrected chi connectivity index (χ1v) is 8.68. The molecule has 0 aliphatic carbocycles. The van der Waals surface area contributed by atoms with Crippen LogP contribution in [0.3, 0.4) is 0 Å². The standard InChI is InChI=1S/C21H18FN5O/c1-12-5-8-14(22)11-18(12)25-21(28)24-15-9-6-13(7-10-15)16-3-2-4-17-19(16)20(23)27-26-17/h2-11H,1H3,(H3,23,26,27)(H2,24,25,28). The topological polar surface area (TPSA) is 95.8 Å². The van der Waals surface area contributed by atoms with Crippen LogP contribution in [0.15, 0.2) is 60.7 Å². The zero-order valence-electron chi connectivity index (χ0n) is 15.1. The number of nitrogens with one attached hydrogen (secondary N) is 3. The van der Waals surface area contributed by atoms with Gasteiger partial charge in [-0.05, 0) is 53.9 Å². The van der Waals surface area contributed by atoms with Crippen molar-refractivity contribution in [1.82, 2.24) is 10.2 Å². The fourth-order valence-corrected chi connectivity index (χ4v) is 3.09. The predicted molar refractivity (Wildman–Crippen MR) is 110 cm³/mol. The van der Waals surface area contributed by atoms with Gasteiger partial charge in [-0.15, -0.1) is 0 Å². The molecule has 0 aliphatic rings. The van der Waals surface area contributed by atoms with E-state index in [9.17, 15) is 9.18 Å². The SMILES string of the molecule is Cc1ccc(F)cc1NC(=O)Nc1ccc(-c2cccc3[nH]nc(N)c23)cc1. The fraction of sp³-hybridized carbons (Fsp3) is 0.0476. The molecule has 0 spiro atoms. The largest absolute Gasteiger partial charge is 0.382 e. The van der Waals surface area contributed by atoms with Gasteiger partial charge in [-0.1, -0.05) is 30.3 Å². The van der Waals surface area contributed by atoms with Gasteiger partial charge in [0.25, 0.3) is 0 Å². The maximum absolute atomic E-state index is 13.4. The third-order valence-corrected chi connectivity index (χ3v) is 4.52. The second-order valence-electron chi connectivity index (χ2n) is 6.45. The van der Waals surface area contributed by atoms with Crippen molar-refractivity contribution in [3.63, 3.8) is 0 Å². The molecule has 3 aromatic carbocycles. The maximum atomic E-state index is 13.4. The number of aromatic nitrogens is 2. The molecule has 0 atom stereocenters. The van der Waals surface area contributed by atoms with E-state index >= 15 is 0 Å². The average molecular weight is 375 g/mol. The lowest BCUT2D eigenvalue weighted by Crippen LogP contribution is -2.20. The van der Waals surface area contributed by atoms with E-state index in [1.54, 1.807) is 25.1 Å². The van der Waals surface area contributed by atoms with Gasteiger partial charge in [-0.3, -0.25) is 5.10 Å². The summed E-state index contributed by atoms with van der Waals surface area (Å²) in [6.45, 7) is 1.80. The van der Waals surface area contributed by atoms with E-state index in [0.29, 0.717) is 17.2 Å². The van der Waals surface area contributed by atoms with Gasteiger partial charge < -0.3 is 16.4 Å². The minimum Gasteiger partial charge on any atom is -0.382 e. The summed E-state index contributed by atoms with van der Waals surface area (Å²) in [6, 6.07) is 17.0. The molecule has 0 unspecified atom stereocenters. The molecule has 140 valence electrons. The molecule has 0 saturated carbocycles.